The fourth-order valence-electron chi connectivity index (χ4n) is 2.03. The van der Waals surface area contributed by atoms with Crippen LogP contribution in [0.4, 0.5) is 0 Å². The van der Waals surface area contributed by atoms with Crippen molar-refractivity contribution >= 4 is 0 Å². The Kier molecular flexibility index (Phi) is 4.70. The van der Waals surface area contributed by atoms with Gasteiger partial charge in [0.2, 0.25) is 0 Å². The van der Waals surface area contributed by atoms with Crippen LogP contribution < -0.4 is 11.3 Å². The van der Waals surface area contributed by atoms with Crippen LogP contribution in [0.3, 0.4) is 0 Å². The van der Waals surface area contributed by atoms with Gasteiger partial charge in [-0.2, -0.15) is 0 Å². The molecule has 0 aromatic rings. The molecule has 2 atom stereocenters. The van der Waals surface area contributed by atoms with Crippen molar-refractivity contribution in [3.8, 4) is 0 Å². The number of nitrogens with one attached hydrogen (secondary N) is 1. The summed E-state index contributed by atoms with van der Waals surface area (Å²) in [7, 11) is 1.76. The van der Waals surface area contributed by atoms with E-state index in [1.165, 1.54) is 25.7 Å². The highest BCUT2D eigenvalue weighted by molar-refractivity contribution is 4.80. The first kappa shape index (κ1) is 11.0. The number of ether oxygens (including phenoxy) is 1. The molecule has 0 saturated heterocycles. The normalized spacial score (nSPS) is 22.4. The van der Waals surface area contributed by atoms with E-state index in [0.717, 1.165) is 12.3 Å². The summed E-state index contributed by atoms with van der Waals surface area (Å²) in [5.74, 6) is 6.40. The predicted molar refractivity (Wildman–Crippen MR) is 54.2 cm³/mol. The van der Waals surface area contributed by atoms with Crippen molar-refractivity contribution in [2.45, 2.75) is 51.2 Å². The summed E-state index contributed by atoms with van der Waals surface area (Å²) in [4.78, 5) is 0. The van der Waals surface area contributed by atoms with Crippen molar-refractivity contribution in [2.75, 3.05) is 7.11 Å². The van der Waals surface area contributed by atoms with Gasteiger partial charge in [0.1, 0.15) is 0 Å². The summed E-state index contributed by atoms with van der Waals surface area (Å²) in [6.45, 7) is 2.14. The van der Waals surface area contributed by atoms with E-state index < -0.39 is 0 Å². The Morgan fingerprint density at radius 3 is 2.54 bits per heavy atom. The topological polar surface area (TPSA) is 47.3 Å². The summed E-state index contributed by atoms with van der Waals surface area (Å²) >= 11 is 0. The zero-order valence-electron chi connectivity index (χ0n) is 8.75. The van der Waals surface area contributed by atoms with Crippen LogP contribution in [0.1, 0.15) is 39.0 Å². The first-order chi connectivity index (χ1) is 6.31. The van der Waals surface area contributed by atoms with Gasteiger partial charge in [0, 0.05) is 13.2 Å². The lowest BCUT2D eigenvalue weighted by Gasteiger charge is -2.32. The molecule has 1 fully saturated rings. The lowest BCUT2D eigenvalue weighted by Crippen LogP contribution is -2.46. The second-order valence-electron chi connectivity index (χ2n) is 3.99. The fraction of sp³-hybridized carbons (Fsp3) is 1.00. The molecule has 0 aromatic heterocycles. The van der Waals surface area contributed by atoms with Crippen molar-refractivity contribution < 1.29 is 4.74 Å². The number of hydrazine groups is 1. The minimum Gasteiger partial charge on any atom is -0.380 e. The van der Waals surface area contributed by atoms with Crippen molar-refractivity contribution in [3.63, 3.8) is 0 Å². The summed E-state index contributed by atoms with van der Waals surface area (Å²) in [6.07, 6.45) is 6.61. The number of rotatable bonds is 6. The molecule has 1 aliphatic rings. The molecule has 1 rings (SSSR count). The number of nitrogens with two attached hydrogens (primary N) is 1. The van der Waals surface area contributed by atoms with Crippen LogP contribution in [0.25, 0.3) is 0 Å². The largest absolute Gasteiger partial charge is 0.380 e. The molecule has 0 aromatic carbocycles. The summed E-state index contributed by atoms with van der Waals surface area (Å²) < 4.78 is 5.38. The Balaban J connectivity index is 2.30. The number of hydrogen-bond donors (Lipinski definition) is 2. The molecule has 2 unspecified atom stereocenters. The third kappa shape index (κ3) is 2.93. The SMILES string of the molecule is CCC(OC)C(CC1CCC1)NN. The van der Waals surface area contributed by atoms with Gasteiger partial charge in [-0.05, 0) is 18.8 Å². The Morgan fingerprint density at radius 1 is 1.54 bits per heavy atom. The molecule has 78 valence electrons. The average Bonchev–Trinajstić information content (AvgIpc) is 2.09. The predicted octanol–water partition coefficient (Wildman–Crippen LogP) is 1.43. The smallest absolute Gasteiger partial charge is 0.0735 e. The minimum absolute atomic E-state index is 0.269. The van der Waals surface area contributed by atoms with Crippen molar-refractivity contribution in [3.05, 3.63) is 0 Å². The third-order valence-electron chi connectivity index (χ3n) is 3.18. The molecule has 3 nitrogen and oxygen atoms in total. The van der Waals surface area contributed by atoms with E-state index >= 15 is 0 Å². The Hall–Kier alpha value is -0.120. The zero-order chi connectivity index (χ0) is 9.68. The Bertz CT molecular complexity index is 133. The summed E-state index contributed by atoms with van der Waals surface area (Å²) in [6, 6.07) is 0.334. The molecule has 0 heterocycles. The number of hydrogen-bond acceptors (Lipinski definition) is 3. The van der Waals surface area contributed by atoms with E-state index in [9.17, 15) is 0 Å². The van der Waals surface area contributed by atoms with Gasteiger partial charge in [-0.1, -0.05) is 26.2 Å². The summed E-state index contributed by atoms with van der Waals surface area (Å²) in [5, 5.41) is 0. The molecule has 0 radical (unpaired) electrons. The van der Waals surface area contributed by atoms with Gasteiger partial charge in [-0.25, -0.2) is 0 Å². The maximum Gasteiger partial charge on any atom is 0.0735 e. The molecular weight excluding hydrogens is 164 g/mol. The molecule has 1 aliphatic carbocycles. The van der Waals surface area contributed by atoms with Gasteiger partial charge in [0.05, 0.1) is 6.10 Å². The number of methoxy groups -OCH3 is 1. The van der Waals surface area contributed by atoms with Crippen LogP contribution in [0.2, 0.25) is 0 Å². The van der Waals surface area contributed by atoms with Crippen LogP contribution in [0.5, 0.6) is 0 Å². The van der Waals surface area contributed by atoms with Gasteiger partial charge in [0.15, 0.2) is 0 Å². The van der Waals surface area contributed by atoms with E-state index in [1.807, 2.05) is 0 Å². The quantitative estimate of drug-likeness (QED) is 0.487. The van der Waals surface area contributed by atoms with Crippen molar-refractivity contribution in [1.29, 1.82) is 0 Å². The average molecular weight is 186 g/mol. The van der Waals surface area contributed by atoms with Gasteiger partial charge < -0.3 is 4.74 Å². The maximum atomic E-state index is 5.52. The first-order valence-electron chi connectivity index (χ1n) is 5.30. The Morgan fingerprint density at radius 2 is 2.23 bits per heavy atom. The fourth-order valence-corrected chi connectivity index (χ4v) is 2.03. The zero-order valence-corrected chi connectivity index (χ0v) is 8.75. The molecule has 3 N–H and O–H groups in total. The maximum absolute atomic E-state index is 5.52. The van der Waals surface area contributed by atoms with Crippen LogP contribution >= 0.6 is 0 Å². The second kappa shape index (κ2) is 5.58. The second-order valence-corrected chi connectivity index (χ2v) is 3.99. The Labute approximate surface area is 81.0 Å². The highest BCUT2D eigenvalue weighted by Gasteiger charge is 2.25. The summed E-state index contributed by atoms with van der Waals surface area (Å²) in [5.41, 5.74) is 2.88. The van der Waals surface area contributed by atoms with E-state index in [2.05, 4.69) is 12.3 Å². The molecule has 0 spiro atoms. The van der Waals surface area contributed by atoms with Crippen molar-refractivity contribution in [2.24, 2.45) is 11.8 Å². The van der Waals surface area contributed by atoms with E-state index in [4.69, 9.17) is 10.6 Å². The standard InChI is InChI=1S/C10H22N2O/c1-3-10(13-2)9(12-11)7-8-5-4-6-8/h8-10,12H,3-7,11H2,1-2H3. The third-order valence-corrected chi connectivity index (χ3v) is 3.18. The van der Waals surface area contributed by atoms with Gasteiger partial charge in [-0.3, -0.25) is 11.3 Å². The monoisotopic (exact) mass is 186 g/mol. The molecule has 0 bridgehead atoms. The van der Waals surface area contributed by atoms with Gasteiger partial charge in [0.25, 0.3) is 0 Å². The van der Waals surface area contributed by atoms with E-state index in [1.54, 1.807) is 7.11 Å². The minimum atomic E-state index is 0.269. The highest BCUT2D eigenvalue weighted by Crippen LogP contribution is 2.31. The van der Waals surface area contributed by atoms with Crippen LogP contribution in [-0.2, 0) is 4.74 Å². The molecule has 3 heteroatoms. The lowest BCUT2D eigenvalue weighted by molar-refractivity contribution is 0.0511. The molecule has 0 aliphatic heterocycles. The van der Waals surface area contributed by atoms with Gasteiger partial charge in [-0.15, -0.1) is 0 Å². The van der Waals surface area contributed by atoms with E-state index in [0.29, 0.717) is 6.04 Å². The van der Waals surface area contributed by atoms with Crippen LogP contribution in [0.15, 0.2) is 0 Å². The van der Waals surface area contributed by atoms with Crippen LogP contribution in [0, 0.1) is 5.92 Å². The molecule has 13 heavy (non-hydrogen) atoms. The van der Waals surface area contributed by atoms with E-state index in [-0.39, 0.29) is 6.10 Å². The highest BCUT2D eigenvalue weighted by atomic mass is 16.5. The molecular formula is C10H22N2O. The molecule has 1 saturated carbocycles. The molecule has 0 amide bonds. The van der Waals surface area contributed by atoms with Crippen molar-refractivity contribution in [1.82, 2.24) is 5.43 Å². The lowest BCUT2D eigenvalue weighted by atomic mass is 9.80. The van der Waals surface area contributed by atoms with Gasteiger partial charge >= 0.3 is 0 Å². The first-order valence-corrected chi connectivity index (χ1v) is 5.30. The van der Waals surface area contributed by atoms with Crippen LogP contribution in [-0.4, -0.2) is 19.3 Å².